The number of rotatable bonds is 4. The van der Waals surface area contributed by atoms with Crippen molar-refractivity contribution in [1.29, 1.82) is 0 Å². The first-order chi connectivity index (χ1) is 7.69. The molecule has 0 unspecified atom stereocenters. The van der Waals surface area contributed by atoms with Gasteiger partial charge in [-0.05, 0) is 12.1 Å². The molecular formula is C10H15N3O3. The Morgan fingerprint density at radius 3 is 2.12 bits per heavy atom. The molecule has 0 atom stereocenters. The van der Waals surface area contributed by atoms with Gasteiger partial charge in [-0.25, -0.2) is 0 Å². The van der Waals surface area contributed by atoms with Crippen LogP contribution in [0.15, 0.2) is 17.2 Å². The Morgan fingerprint density at radius 2 is 1.69 bits per heavy atom. The highest BCUT2D eigenvalue weighted by Gasteiger charge is 2.17. The zero-order valence-corrected chi connectivity index (χ0v) is 9.48. The summed E-state index contributed by atoms with van der Waals surface area (Å²) in [4.78, 5) is 0. The standard InChI is InChI=1S/C10H15N3O3/c1-14-7-5-4-6(10(11)13-12)8(15-2)9(7)16-3/h4-5H,12H2,1-3H3,(H2,11,13). The third-order valence-corrected chi connectivity index (χ3v) is 2.12. The molecule has 0 saturated heterocycles. The van der Waals surface area contributed by atoms with E-state index in [-0.39, 0.29) is 5.84 Å². The minimum atomic E-state index is 0.165. The van der Waals surface area contributed by atoms with Crippen molar-refractivity contribution in [3.8, 4) is 17.2 Å². The second-order valence-electron chi connectivity index (χ2n) is 2.90. The predicted octanol–water partition coefficient (Wildman–Crippen LogP) is 0.291. The molecule has 6 nitrogen and oxygen atoms in total. The number of nitrogens with two attached hydrogens (primary N) is 2. The van der Waals surface area contributed by atoms with E-state index in [2.05, 4.69) is 5.10 Å². The molecule has 88 valence electrons. The van der Waals surface area contributed by atoms with Gasteiger partial charge in [0.05, 0.1) is 26.9 Å². The number of hydrogen-bond acceptors (Lipinski definition) is 5. The monoisotopic (exact) mass is 225 g/mol. The molecule has 1 aromatic rings. The van der Waals surface area contributed by atoms with Crippen LogP contribution in [0.2, 0.25) is 0 Å². The SMILES string of the molecule is COc1ccc(C(N)=NN)c(OC)c1OC. The summed E-state index contributed by atoms with van der Waals surface area (Å²) in [5.41, 5.74) is 6.19. The first-order valence-electron chi connectivity index (χ1n) is 4.52. The molecule has 4 N–H and O–H groups in total. The van der Waals surface area contributed by atoms with E-state index in [1.807, 2.05) is 0 Å². The number of methoxy groups -OCH3 is 3. The van der Waals surface area contributed by atoms with Crippen LogP contribution < -0.4 is 25.8 Å². The van der Waals surface area contributed by atoms with Gasteiger partial charge in [0, 0.05) is 0 Å². The van der Waals surface area contributed by atoms with Crippen molar-refractivity contribution in [2.75, 3.05) is 21.3 Å². The van der Waals surface area contributed by atoms with E-state index in [0.717, 1.165) is 0 Å². The van der Waals surface area contributed by atoms with Crippen LogP contribution in [0, 0.1) is 0 Å². The lowest BCUT2D eigenvalue weighted by Crippen LogP contribution is -2.17. The average molecular weight is 225 g/mol. The van der Waals surface area contributed by atoms with Crippen molar-refractivity contribution >= 4 is 5.84 Å². The number of hydrogen-bond donors (Lipinski definition) is 2. The molecule has 1 aromatic carbocycles. The van der Waals surface area contributed by atoms with E-state index in [1.165, 1.54) is 21.3 Å². The Labute approximate surface area is 93.8 Å². The van der Waals surface area contributed by atoms with Crippen LogP contribution in [-0.4, -0.2) is 27.2 Å². The number of amidine groups is 1. The molecule has 0 aliphatic heterocycles. The van der Waals surface area contributed by atoms with Gasteiger partial charge in [-0.2, -0.15) is 5.10 Å². The van der Waals surface area contributed by atoms with Gasteiger partial charge < -0.3 is 25.8 Å². The van der Waals surface area contributed by atoms with Gasteiger partial charge in [0.25, 0.3) is 0 Å². The van der Waals surface area contributed by atoms with Gasteiger partial charge in [0.15, 0.2) is 17.3 Å². The molecule has 1 rings (SSSR count). The molecule has 0 fully saturated rings. The van der Waals surface area contributed by atoms with Gasteiger partial charge in [0.1, 0.15) is 0 Å². The van der Waals surface area contributed by atoms with Crippen molar-refractivity contribution in [3.05, 3.63) is 17.7 Å². The Hall–Kier alpha value is -2.11. The minimum absolute atomic E-state index is 0.165. The van der Waals surface area contributed by atoms with E-state index >= 15 is 0 Å². The molecule has 0 radical (unpaired) electrons. The van der Waals surface area contributed by atoms with Gasteiger partial charge >= 0.3 is 0 Å². The second-order valence-corrected chi connectivity index (χ2v) is 2.90. The molecule has 0 saturated carbocycles. The zero-order valence-electron chi connectivity index (χ0n) is 9.48. The molecule has 16 heavy (non-hydrogen) atoms. The molecule has 6 heteroatoms. The molecular weight excluding hydrogens is 210 g/mol. The third-order valence-electron chi connectivity index (χ3n) is 2.12. The second kappa shape index (κ2) is 5.11. The number of nitrogens with zero attached hydrogens (tertiary/aromatic N) is 1. The predicted molar refractivity (Wildman–Crippen MR) is 61.0 cm³/mol. The summed E-state index contributed by atoms with van der Waals surface area (Å²) in [5.74, 6) is 6.73. The van der Waals surface area contributed by atoms with Crippen LogP contribution in [-0.2, 0) is 0 Å². The fourth-order valence-electron chi connectivity index (χ4n) is 1.37. The fraction of sp³-hybridized carbons (Fsp3) is 0.300. The van der Waals surface area contributed by atoms with Crippen LogP contribution in [0.1, 0.15) is 5.56 Å². The summed E-state index contributed by atoms with van der Waals surface area (Å²) in [7, 11) is 4.56. The highest BCUT2D eigenvalue weighted by molar-refractivity contribution is 6.01. The van der Waals surface area contributed by atoms with Crippen molar-refractivity contribution < 1.29 is 14.2 Å². The van der Waals surface area contributed by atoms with Gasteiger partial charge in [-0.15, -0.1) is 0 Å². The molecule has 0 aromatic heterocycles. The first kappa shape index (κ1) is 12.0. The van der Waals surface area contributed by atoms with Crippen LogP contribution in [0.4, 0.5) is 0 Å². The van der Waals surface area contributed by atoms with E-state index < -0.39 is 0 Å². The highest BCUT2D eigenvalue weighted by Crippen LogP contribution is 2.39. The maximum Gasteiger partial charge on any atom is 0.204 e. The summed E-state index contributed by atoms with van der Waals surface area (Å²) in [6, 6.07) is 3.40. The lowest BCUT2D eigenvalue weighted by molar-refractivity contribution is 0.324. The van der Waals surface area contributed by atoms with E-state index in [1.54, 1.807) is 12.1 Å². The van der Waals surface area contributed by atoms with Crippen LogP contribution in [0.25, 0.3) is 0 Å². The van der Waals surface area contributed by atoms with Crippen LogP contribution in [0.5, 0.6) is 17.2 Å². The van der Waals surface area contributed by atoms with Gasteiger partial charge in [0.2, 0.25) is 5.75 Å². The summed E-state index contributed by atoms with van der Waals surface area (Å²) in [5, 5.41) is 3.42. The summed E-state index contributed by atoms with van der Waals surface area (Å²) in [6.07, 6.45) is 0. The Morgan fingerprint density at radius 1 is 1.06 bits per heavy atom. The molecule has 0 aliphatic carbocycles. The number of ether oxygens (including phenoxy) is 3. The molecule has 0 amide bonds. The molecule has 0 heterocycles. The Bertz CT molecular complexity index is 405. The maximum absolute atomic E-state index is 5.63. The van der Waals surface area contributed by atoms with Crippen molar-refractivity contribution in [2.24, 2.45) is 16.7 Å². The van der Waals surface area contributed by atoms with Crippen molar-refractivity contribution in [1.82, 2.24) is 0 Å². The lowest BCUT2D eigenvalue weighted by Gasteiger charge is -2.14. The number of benzene rings is 1. The highest BCUT2D eigenvalue weighted by atomic mass is 16.5. The van der Waals surface area contributed by atoms with Crippen molar-refractivity contribution in [2.45, 2.75) is 0 Å². The maximum atomic E-state index is 5.63. The van der Waals surface area contributed by atoms with Gasteiger partial charge in [-0.3, -0.25) is 0 Å². The van der Waals surface area contributed by atoms with E-state index in [4.69, 9.17) is 25.8 Å². The van der Waals surface area contributed by atoms with Gasteiger partial charge in [-0.1, -0.05) is 0 Å². The third kappa shape index (κ3) is 1.95. The molecule has 0 bridgehead atoms. The minimum Gasteiger partial charge on any atom is -0.493 e. The summed E-state index contributed by atoms with van der Waals surface area (Å²) >= 11 is 0. The normalized spacial score (nSPS) is 11.1. The largest absolute Gasteiger partial charge is 0.493 e. The van der Waals surface area contributed by atoms with E-state index in [9.17, 15) is 0 Å². The van der Waals surface area contributed by atoms with E-state index in [0.29, 0.717) is 22.8 Å². The Kier molecular flexibility index (Phi) is 3.82. The quantitative estimate of drug-likeness (QED) is 0.332. The summed E-state index contributed by atoms with van der Waals surface area (Å²) in [6.45, 7) is 0. The lowest BCUT2D eigenvalue weighted by atomic mass is 10.1. The topological polar surface area (TPSA) is 92.1 Å². The molecule has 0 spiro atoms. The zero-order chi connectivity index (χ0) is 12.1. The van der Waals surface area contributed by atoms with Crippen LogP contribution >= 0.6 is 0 Å². The van der Waals surface area contributed by atoms with Crippen LogP contribution in [0.3, 0.4) is 0 Å². The summed E-state index contributed by atoms with van der Waals surface area (Å²) < 4.78 is 15.5. The fourth-order valence-corrected chi connectivity index (χ4v) is 1.37. The Balaban J connectivity index is 3.43. The number of hydrazone groups is 1. The van der Waals surface area contributed by atoms with Crippen molar-refractivity contribution in [3.63, 3.8) is 0 Å². The molecule has 0 aliphatic rings. The first-order valence-corrected chi connectivity index (χ1v) is 4.52. The smallest absolute Gasteiger partial charge is 0.204 e. The average Bonchev–Trinajstić information content (AvgIpc) is 2.35.